The molecule has 4 aromatic rings. The van der Waals surface area contributed by atoms with Gasteiger partial charge in [0.1, 0.15) is 17.2 Å². The Hall–Kier alpha value is -3.59. The number of ether oxygens (including phenoxy) is 1. The Kier molecular flexibility index (Phi) is 6.00. The Morgan fingerprint density at radius 1 is 1.12 bits per heavy atom. The van der Waals surface area contributed by atoms with Crippen molar-refractivity contribution in [3.8, 4) is 0 Å². The Morgan fingerprint density at radius 3 is 2.50 bits per heavy atom. The molecule has 0 spiro atoms. The smallest absolute Gasteiger partial charge is 0.345 e. The number of nitrogens with zero attached hydrogens (tertiary/aromatic N) is 3. The number of para-hydroxylation sites is 3. The molecule has 32 heavy (non-hydrogen) atoms. The number of imidazole rings is 1. The molecule has 0 fully saturated rings. The van der Waals surface area contributed by atoms with Crippen molar-refractivity contribution in [3.63, 3.8) is 0 Å². The second kappa shape index (κ2) is 8.88. The number of H-pyrrole nitrogens is 1. The molecule has 0 saturated heterocycles. The number of benzene rings is 2. The third-order valence-corrected chi connectivity index (χ3v) is 5.90. The summed E-state index contributed by atoms with van der Waals surface area (Å²) < 4.78 is 6.46. The van der Waals surface area contributed by atoms with Crippen molar-refractivity contribution >= 4 is 45.2 Å². The molecule has 0 amide bonds. The Balaban J connectivity index is 1.75. The number of fused-ring (bicyclic) bond motifs is 2. The highest BCUT2D eigenvalue weighted by Gasteiger charge is 2.23. The third kappa shape index (κ3) is 3.99. The lowest BCUT2D eigenvalue weighted by Gasteiger charge is -2.16. The summed E-state index contributed by atoms with van der Waals surface area (Å²) in [6, 6.07) is 14.3. The topological polar surface area (TPSA) is 110 Å². The quantitative estimate of drug-likeness (QED) is 0.150. The number of rotatable bonds is 6. The average molecular weight is 451 g/mol. The van der Waals surface area contributed by atoms with Gasteiger partial charge in [0.25, 0.3) is 5.56 Å². The molecule has 9 heteroatoms. The van der Waals surface area contributed by atoms with Crippen LogP contribution in [0.2, 0.25) is 0 Å². The highest BCUT2D eigenvalue weighted by atomic mass is 32.2. The van der Waals surface area contributed by atoms with Gasteiger partial charge in [0.2, 0.25) is 0 Å². The maximum atomic E-state index is 13.0. The first-order chi connectivity index (χ1) is 15.4. The summed E-state index contributed by atoms with van der Waals surface area (Å²) in [4.78, 5) is 37.5. The molecule has 0 unspecified atom stereocenters. The number of carbonyl (C=O) groups is 1. The minimum atomic E-state index is -0.713. The van der Waals surface area contributed by atoms with Gasteiger partial charge in [-0.25, -0.2) is 14.8 Å². The highest BCUT2D eigenvalue weighted by molar-refractivity contribution is 7.99. The van der Waals surface area contributed by atoms with E-state index in [1.54, 1.807) is 28.8 Å². The number of esters is 1. The number of nitrogens with one attached hydrogen (secondary N) is 1. The number of aromatic amines is 1. The van der Waals surface area contributed by atoms with Crippen LogP contribution in [0, 0.1) is 0 Å². The maximum Gasteiger partial charge on any atom is 0.345 e. The van der Waals surface area contributed by atoms with Gasteiger partial charge in [-0.3, -0.25) is 9.36 Å². The summed E-state index contributed by atoms with van der Waals surface area (Å²) in [7, 11) is 1.24. The number of aliphatic hydroxyl groups excluding tert-OH is 1. The molecule has 8 nitrogen and oxygen atoms in total. The number of methoxy groups -OCH3 is 1. The standard InChI is InChI=1S/C23H22N4O4S/c1-13(2)27-21(29)14-8-4-5-9-15(14)26-23(27)32-12-18(28)19(22(30)31-3)20-24-16-10-6-7-11-17(16)25-20/h4-11,13,28H,12H2,1-3H3,(H,24,25)/b19-18+. The van der Waals surface area contributed by atoms with Crippen molar-refractivity contribution in [2.75, 3.05) is 12.9 Å². The molecule has 4 rings (SSSR count). The summed E-state index contributed by atoms with van der Waals surface area (Å²) in [5.41, 5.74) is 1.76. The molecule has 2 aromatic heterocycles. The largest absolute Gasteiger partial charge is 0.510 e. The normalized spacial score (nSPS) is 12.4. The molecule has 0 aliphatic carbocycles. The predicted molar refractivity (Wildman–Crippen MR) is 125 cm³/mol. The molecule has 0 aliphatic heterocycles. The van der Waals surface area contributed by atoms with Gasteiger partial charge in [-0.05, 0) is 38.1 Å². The molecule has 0 bridgehead atoms. The molecule has 164 valence electrons. The van der Waals surface area contributed by atoms with Crippen molar-refractivity contribution < 1.29 is 14.6 Å². The van der Waals surface area contributed by atoms with Gasteiger partial charge in [0.05, 0.1) is 34.8 Å². The fourth-order valence-electron chi connectivity index (χ4n) is 3.41. The van der Waals surface area contributed by atoms with Crippen molar-refractivity contribution in [1.82, 2.24) is 19.5 Å². The zero-order chi connectivity index (χ0) is 22.8. The summed E-state index contributed by atoms with van der Waals surface area (Å²) in [5.74, 6) is -0.726. The van der Waals surface area contributed by atoms with Crippen LogP contribution in [0.25, 0.3) is 27.5 Å². The number of hydrogen-bond acceptors (Lipinski definition) is 7. The van der Waals surface area contributed by atoms with Crippen LogP contribution in [0.3, 0.4) is 0 Å². The molecule has 0 aliphatic rings. The lowest BCUT2D eigenvalue weighted by Crippen LogP contribution is -2.25. The van der Waals surface area contributed by atoms with E-state index in [0.717, 1.165) is 17.3 Å². The molecule has 2 aromatic carbocycles. The van der Waals surface area contributed by atoms with Gasteiger partial charge < -0.3 is 14.8 Å². The summed E-state index contributed by atoms with van der Waals surface area (Å²) in [6.45, 7) is 3.79. The van der Waals surface area contributed by atoms with Gasteiger partial charge in [-0.1, -0.05) is 36.0 Å². The average Bonchev–Trinajstić information content (AvgIpc) is 3.21. The van der Waals surface area contributed by atoms with E-state index in [2.05, 4.69) is 15.0 Å². The summed E-state index contributed by atoms with van der Waals surface area (Å²) in [5, 5.41) is 11.8. The van der Waals surface area contributed by atoms with E-state index >= 15 is 0 Å². The second-order valence-electron chi connectivity index (χ2n) is 7.38. The first-order valence-electron chi connectivity index (χ1n) is 10.00. The molecular formula is C23H22N4O4S. The summed E-state index contributed by atoms with van der Waals surface area (Å²) in [6.07, 6.45) is 0. The fraction of sp³-hybridized carbons (Fsp3) is 0.217. The van der Waals surface area contributed by atoms with Gasteiger partial charge in [0, 0.05) is 6.04 Å². The predicted octanol–water partition coefficient (Wildman–Crippen LogP) is 4.09. The number of hydrogen-bond donors (Lipinski definition) is 2. The molecule has 0 atom stereocenters. The van der Waals surface area contributed by atoms with Gasteiger partial charge in [-0.2, -0.15) is 0 Å². The first-order valence-corrected chi connectivity index (χ1v) is 11.0. The van der Waals surface area contributed by atoms with Gasteiger partial charge in [-0.15, -0.1) is 0 Å². The third-order valence-electron chi connectivity index (χ3n) is 4.93. The van der Waals surface area contributed by atoms with Crippen LogP contribution in [0.4, 0.5) is 0 Å². The molecular weight excluding hydrogens is 428 g/mol. The van der Waals surface area contributed by atoms with Crippen molar-refractivity contribution in [3.05, 3.63) is 70.5 Å². The number of aromatic nitrogens is 4. The maximum absolute atomic E-state index is 13.0. The van der Waals surface area contributed by atoms with Crippen molar-refractivity contribution in [1.29, 1.82) is 0 Å². The van der Waals surface area contributed by atoms with E-state index in [0.29, 0.717) is 21.6 Å². The van der Waals surface area contributed by atoms with E-state index in [-0.39, 0.29) is 34.5 Å². The van der Waals surface area contributed by atoms with Crippen LogP contribution in [-0.4, -0.2) is 43.5 Å². The SMILES string of the molecule is COC(=O)/C(=C(/O)CSc1nc2ccccc2c(=O)n1C(C)C)c1nc2ccccc2[nH]1. The fourth-order valence-corrected chi connectivity index (χ4v) is 4.42. The van der Waals surface area contributed by atoms with Gasteiger partial charge in [0.15, 0.2) is 5.16 Å². The van der Waals surface area contributed by atoms with Crippen molar-refractivity contribution in [2.24, 2.45) is 0 Å². The van der Waals surface area contributed by atoms with Crippen LogP contribution in [0.5, 0.6) is 0 Å². The van der Waals surface area contributed by atoms with Gasteiger partial charge >= 0.3 is 5.97 Å². The zero-order valence-electron chi connectivity index (χ0n) is 17.8. The van der Waals surface area contributed by atoms with Crippen LogP contribution in [0.1, 0.15) is 25.7 Å². The summed E-state index contributed by atoms with van der Waals surface area (Å²) >= 11 is 1.16. The second-order valence-corrected chi connectivity index (χ2v) is 8.33. The number of aliphatic hydroxyl groups is 1. The highest BCUT2D eigenvalue weighted by Crippen LogP contribution is 2.26. The molecule has 2 N–H and O–H groups in total. The van der Waals surface area contributed by atoms with E-state index in [1.165, 1.54) is 7.11 Å². The van der Waals surface area contributed by atoms with Crippen LogP contribution in [-0.2, 0) is 9.53 Å². The van der Waals surface area contributed by atoms with E-state index in [9.17, 15) is 14.7 Å². The van der Waals surface area contributed by atoms with E-state index in [4.69, 9.17) is 4.74 Å². The van der Waals surface area contributed by atoms with Crippen LogP contribution < -0.4 is 5.56 Å². The van der Waals surface area contributed by atoms with Crippen molar-refractivity contribution in [2.45, 2.75) is 25.0 Å². The lowest BCUT2D eigenvalue weighted by molar-refractivity contribution is -0.133. The lowest BCUT2D eigenvalue weighted by atomic mass is 10.2. The monoisotopic (exact) mass is 450 g/mol. The number of thioether (sulfide) groups is 1. The first kappa shape index (κ1) is 21.6. The van der Waals surface area contributed by atoms with E-state index in [1.807, 2.05) is 38.1 Å². The Bertz CT molecular complexity index is 1370. The molecule has 2 heterocycles. The Labute approximate surface area is 188 Å². The minimum Gasteiger partial charge on any atom is -0.510 e. The zero-order valence-corrected chi connectivity index (χ0v) is 18.6. The molecule has 0 saturated carbocycles. The Morgan fingerprint density at radius 2 is 1.81 bits per heavy atom. The van der Waals surface area contributed by atoms with E-state index < -0.39 is 5.97 Å². The minimum absolute atomic E-state index is 0.00101. The van der Waals surface area contributed by atoms with Crippen LogP contribution >= 0.6 is 11.8 Å². The van der Waals surface area contributed by atoms with Crippen LogP contribution in [0.15, 0.2) is 64.2 Å². The number of carbonyl (C=O) groups excluding carboxylic acids is 1. The molecule has 0 radical (unpaired) electrons.